The number of nitrogens with two attached hydrogens (primary N) is 1. The first-order chi connectivity index (χ1) is 5.27. The van der Waals surface area contributed by atoms with E-state index in [1.165, 1.54) is 0 Å². The van der Waals surface area contributed by atoms with Crippen LogP contribution in [-0.2, 0) is 4.79 Å². The number of azide groups is 1. The van der Waals surface area contributed by atoms with Crippen LogP contribution in [0.2, 0.25) is 0 Å². The maximum absolute atomic E-state index is 10.8. The Kier molecular flexibility index (Phi) is 2.30. The van der Waals surface area contributed by atoms with E-state index in [9.17, 15) is 4.79 Å². The monoisotopic (exact) mass is 155 g/mol. The molecule has 0 unspecified atom stereocenters. The van der Waals surface area contributed by atoms with Crippen LogP contribution < -0.4 is 11.3 Å². The minimum atomic E-state index is -0.172. The molecule has 0 aromatic carbocycles. The van der Waals surface area contributed by atoms with Crippen LogP contribution in [0.4, 0.5) is 0 Å². The molecule has 0 aromatic heterocycles. The lowest BCUT2D eigenvalue weighted by atomic mass is 9.80. The fourth-order valence-electron chi connectivity index (χ4n) is 1.09. The Labute approximate surface area is 63.3 Å². The Morgan fingerprint density at radius 3 is 2.82 bits per heavy atom. The van der Waals surface area contributed by atoms with E-state index in [1.54, 1.807) is 0 Å². The molecule has 0 radical (unpaired) electrons. The summed E-state index contributed by atoms with van der Waals surface area (Å²) in [6, 6.07) is -0.0118. The zero-order valence-corrected chi connectivity index (χ0v) is 5.90. The van der Waals surface area contributed by atoms with Gasteiger partial charge in [0.15, 0.2) is 0 Å². The first-order valence-electron chi connectivity index (χ1n) is 3.32. The molecule has 0 saturated heterocycles. The van der Waals surface area contributed by atoms with E-state index in [0.717, 1.165) is 0 Å². The number of nitrogens with one attached hydrogen (secondary N) is 1. The molecule has 1 aliphatic rings. The van der Waals surface area contributed by atoms with Gasteiger partial charge >= 0.3 is 0 Å². The van der Waals surface area contributed by atoms with Gasteiger partial charge in [0.05, 0.1) is 0 Å². The molecule has 6 heteroatoms. The molecule has 3 N–H and O–H groups in total. The molecule has 60 valence electrons. The smallest absolute Gasteiger partial charge is 0.237 e. The average Bonchev–Trinajstić information content (AvgIpc) is 1.94. The highest BCUT2D eigenvalue weighted by molar-refractivity contribution is 5.79. The predicted octanol–water partition coefficient (Wildman–Crippen LogP) is 0.0652. The number of hydrogen-bond acceptors (Lipinski definition) is 3. The van der Waals surface area contributed by atoms with Gasteiger partial charge in [-0.3, -0.25) is 10.2 Å². The number of carbonyl (C=O) groups excluding carboxylic acids is 1. The van der Waals surface area contributed by atoms with Crippen molar-refractivity contribution in [3.8, 4) is 0 Å². The van der Waals surface area contributed by atoms with Crippen molar-refractivity contribution in [3.05, 3.63) is 10.4 Å². The van der Waals surface area contributed by atoms with Gasteiger partial charge in [-0.25, -0.2) is 5.84 Å². The zero-order valence-electron chi connectivity index (χ0n) is 5.90. The summed E-state index contributed by atoms with van der Waals surface area (Å²) in [5.41, 5.74) is 10.1. The standard InChI is InChI=1S/C5H9N5O/c6-8-5(11)3-1-4(2-3)9-10-7/h3-4H,1-2,6H2,(H,8,11). The fourth-order valence-corrected chi connectivity index (χ4v) is 1.09. The Morgan fingerprint density at radius 1 is 1.73 bits per heavy atom. The minimum Gasteiger partial charge on any atom is -0.294 e. The first kappa shape index (κ1) is 7.84. The largest absolute Gasteiger partial charge is 0.294 e. The lowest BCUT2D eigenvalue weighted by Gasteiger charge is -2.29. The van der Waals surface area contributed by atoms with E-state index in [4.69, 9.17) is 11.4 Å². The van der Waals surface area contributed by atoms with Gasteiger partial charge in [-0.1, -0.05) is 5.11 Å². The molecule has 1 amide bonds. The molecule has 0 aliphatic heterocycles. The first-order valence-corrected chi connectivity index (χ1v) is 3.32. The highest BCUT2D eigenvalue weighted by Gasteiger charge is 2.33. The summed E-state index contributed by atoms with van der Waals surface area (Å²) in [6.07, 6.45) is 1.24. The molecule has 0 aromatic rings. The van der Waals surface area contributed by atoms with Crippen molar-refractivity contribution in [3.63, 3.8) is 0 Å². The third-order valence-electron chi connectivity index (χ3n) is 1.84. The number of carbonyl (C=O) groups is 1. The van der Waals surface area contributed by atoms with Crippen LogP contribution in [0.25, 0.3) is 10.4 Å². The van der Waals surface area contributed by atoms with Crippen LogP contribution in [0.1, 0.15) is 12.8 Å². The summed E-state index contributed by atoms with van der Waals surface area (Å²) < 4.78 is 0. The fraction of sp³-hybridized carbons (Fsp3) is 0.800. The highest BCUT2D eigenvalue weighted by atomic mass is 16.2. The van der Waals surface area contributed by atoms with Crippen LogP contribution in [0.15, 0.2) is 5.11 Å². The van der Waals surface area contributed by atoms with Crippen LogP contribution in [0.5, 0.6) is 0 Å². The summed E-state index contributed by atoms with van der Waals surface area (Å²) in [7, 11) is 0. The van der Waals surface area contributed by atoms with Gasteiger partial charge in [0.2, 0.25) is 5.91 Å². The van der Waals surface area contributed by atoms with Crippen molar-refractivity contribution in [2.75, 3.05) is 0 Å². The van der Waals surface area contributed by atoms with Gasteiger partial charge in [-0.2, -0.15) is 0 Å². The number of amides is 1. The molecule has 1 aliphatic carbocycles. The quantitative estimate of drug-likeness (QED) is 0.147. The second-order valence-electron chi connectivity index (χ2n) is 2.54. The molecule has 0 bridgehead atoms. The second-order valence-corrected chi connectivity index (χ2v) is 2.54. The van der Waals surface area contributed by atoms with E-state index >= 15 is 0 Å². The molecule has 0 spiro atoms. The molecule has 1 fully saturated rings. The third kappa shape index (κ3) is 1.60. The van der Waals surface area contributed by atoms with Crippen LogP contribution in [0, 0.1) is 5.92 Å². The highest BCUT2D eigenvalue weighted by Crippen LogP contribution is 2.29. The van der Waals surface area contributed by atoms with Crippen LogP contribution in [0.3, 0.4) is 0 Å². The van der Waals surface area contributed by atoms with Crippen molar-refractivity contribution in [1.29, 1.82) is 0 Å². The van der Waals surface area contributed by atoms with Crippen LogP contribution >= 0.6 is 0 Å². The number of hydrogen-bond donors (Lipinski definition) is 2. The Balaban J connectivity index is 2.29. The topological polar surface area (TPSA) is 104 Å². The summed E-state index contributed by atoms with van der Waals surface area (Å²) in [5.74, 6) is 4.67. The molecular weight excluding hydrogens is 146 g/mol. The Morgan fingerprint density at radius 2 is 2.36 bits per heavy atom. The van der Waals surface area contributed by atoms with Gasteiger partial charge in [0, 0.05) is 16.9 Å². The maximum Gasteiger partial charge on any atom is 0.237 e. The second kappa shape index (κ2) is 3.23. The van der Waals surface area contributed by atoms with E-state index in [-0.39, 0.29) is 17.9 Å². The van der Waals surface area contributed by atoms with Gasteiger partial charge in [-0.15, -0.1) is 0 Å². The molecule has 11 heavy (non-hydrogen) atoms. The van der Waals surface area contributed by atoms with Gasteiger partial charge in [0.1, 0.15) is 0 Å². The molecular formula is C5H9N5O. The third-order valence-corrected chi connectivity index (χ3v) is 1.84. The number of rotatable bonds is 2. The molecule has 6 nitrogen and oxygen atoms in total. The van der Waals surface area contributed by atoms with Gasteiger partial charge in [0.25, 0.3) is 0 Å². The van der Waals surface area contributed by atoms with E-state index < -0.39 is 0 Å². The van der Waals surface area contributed by atoms with Gasteiger partial charge in [-0.05, 0) is 18.4 Å². The van der Waals surface area contributed by atoms with Crippen molar-refractivity contribution in [2.45, 2.75) is 18.9 Å². The van der Waals surface area contributed by atoms with Gasteiger partial charge < -0.3 is 0 Å². The molecule has 1 saturated carbocycles. The van der Waals surface area contributed by atoms with E-state index in [0.29, 0.717) is 12.8 Å². The van der Waals surface area contributed by atoms with Crippen LogP contribution in [-0.4, -0.2) is 11.9 Å². The zero-order chi connectivity index (χ0) is 8.27. The molecule has 1 rings (SSSR count). The Bertz CT molecular complexity index is 203. The van der Waals surface area contributed by atoms with Crippen molar-refractivity contribution >= 4 is 5.91 Å². The predicted molar refractivity (Wildman–Crippen MR) is 38.0 cm³/mol. The van der Waals surface area contributed by atoms with Crippen molar-refractivity contribution in [1.82, 2.24) is 5.43 Å². The summed E-state index contributed by atoms with van der Waals surface area (Å²) in [6.45, 7) is 0. The number of nitrogens with zero attached hydrogens (tertiary/aromatic N) is 3. The maximum atomic E-state index is 10.8. The molecule has 0 heterocycles. The SMILES string of the molecule is [N-]=[N+]=NC1CC(C(=O)NN)C1. The van der Waals surface area contributed by atoms with Crippen molar-refractivity contribution in [2.24, 2.45) is 16.9 Å². The Hall–Kier alpha value is -1.26. The normalized spacial score (nSPS) is 28.1. The molecule has 0 atom stereocenters. The lowest BCUT2D eigenvalue weighted by Crippen LogP contribution is -2.43. The average molecular weight is 155 g/mol. The minimum absolute atomic E-state index is 0.0118. The van der Waals surface area contributed by atoms with E-state index in [2.05, 4.69) is 15.5 Å². The number of hydrazine groups is 1. The summed E-state index contributed by atoms with van der Waals surface area (Å²) in [5, 5.41) is 3.46. The summed E-state index contributed by atoms with van der Waals surface area (Å²) >= 11 is 0. The lowest BCUT2D eigenvalue weighted by molar-refractivity contribution is -0.127. The van der Waals surface area contributed by atoms with E-state index in [1.807, 2.05) is 0 Å². The van der Waals surface area contributed by atoms with Crippen molar-refractivity contribution < 1.29 is 4.79 Å². The summed E-state index contributed by atoms with van der Waals surface area (Å²) in [4.78, 5) is 13.4.